The van der Waals surface area contributed by atoms with Crippen molar-refractivity contribution in [2.75, 3.05) is 11.6 Å². The van der Waals surface area contributed by atoms with Crippen molar-refractivity contribution < 1.29 is 4.79 Å². The number of imidazole rings is 1. The number of pyridine rings is 1. The maximum atomic E-state index is 12.9. The van der Waals surface area contributed by atoms with Crippen molar-refractivity contribution in [2.45, 2.75) is 4.90 Å². The second kappa shape index (κ2) is 7.87. The molecular weight excluding hydrogens is 413 g/mol. The average Bonchev–Trinajstić information content (AvgIpc) is 3.09. The van der Waals surface area contributed by atoms with Crippen LogP contribution in [0.25, 0.3) is 5.65 Å². The molecule has 0 atom stereocenters. The number of benzene rings is 2. The molecule has 4 nitrogen and oxygen atoms in total. The molecule has 0 aliphatic carbocycles. The fraction of sp³-hybridized carbons (Fsp3) is 0.0476. The fourth-order valence-corrected chi connectivity index (χ4v) is 3.85. The van der Waals surface area contributed by atoms with Crippen LogP contribution in [0.2, 0.25) is 10.0 Å². The predicted octanol–water partition coefficient (Wildman–Crippen LogP) is 6.34. The van der Waals surface area contributed by atoms with Gasteiger partial charge in [0.2, 0.25) is 0 Å². The molecule has 140 valence electrons. The molecule has 2 heterocycles. The van der Waals surface area contributed by atoms with Crippen LogP contribution in [-0.4, -0.2) is 21.4 Å². The van der Waals surface area contributed by atoms with Crippen LogP contribution in [0.4, 0.5) is 11.5 Å². The van der Waals surface area contributed by atoms with Crippen LogP contribution >= 0.6 is 35.0 Å². The van der Waals surface area contributed by atoms with Crippen molar-refractivity contribution >= 4 is 57.9 Å². The largest absolute Gasteiger partial charge is 0.339 e. The molecule has 0 aliphatic rings. The van der Waals surface area contributed by atoms with Gasteiger partial charge in [0.25, 0.3) is 0 Å². The maximum Gasteiger partial charge on any atom is 0.197 e. The van der Waals surface area contributed by atoms with Gasteiger partial charge in [0, 0.05) is 22.3 Å². The molecule has 0 aliphatic heterocycles. The Morgan fingerprint density at radius 3 is 2.39 bits per heavy atom. The van der Waals surface area contributed by atoms with E-state index in [0.29, 0.717) is 27.0 Å². The molecule has 2 aromatic carbocycles. The molecule has 0 saturated heterocycles. The highest BCUT2D eigenvalue weighted by atomic mass is 35.5. The average molecular weight is 428 g/mol. The van der Waals surface area contributed by atoms with Crippen LogP contribution in [0, 0.1) is 0 Å². The molecule has 4 aromatic rings. The van der Waals surface area contributed by atoms with Crippen LogP contribution < -0.4 is 5.32 Å². The number of aromatic nitrogens is 2. The van der Waals surface area contributed by atoms with Gasteiger partial charge in [-0.2, -0.15) is 0 Å². The highest BCUT2D eigenvalue weighted by Gasteiger charge is 2.17. The molecule has 0 unspecified atom stereocenters. The fourth-order valence-electron chi connectivity index (χ4n) is 2.87. The van der Waals surface area contributed by atoms with E-state index in [0.717, 1.165) is 11.3 Å². The Bertz CT molecular complexity index is 1150. The monoisotopic (exact) mass is 427 g/mol. The van der Waals surface area contributed by atoms with Gasteiger partial charge in [-0.3, -0.25) is 4.79 Å². The summed E-state index contributed by atoms with van der Waals surface area (Å²) in [6.45, 7) is 0. The number of hydrogen-bond acceptors (Lipinski definition) is 4. The summed E-state index contributed by atoms with van der Waals surface area (Å²) in [5.74, 6) is 0.464. The lowest BCUT2D eigenvalue weighted by molar-refractivity contribution is 0.103. The molecular formula is C21H15Cl2N3OS. The Kier molecular flexibility index (Phi) is 5.31. The second-order valence-corrected chi connectivity index (χ2v) is 7.78. The lowest BCUT2D eigenvalue weighted by Gasteiger charge is -2.06. The summed E-state index contributed by atoms with van der Waals surface area (Å²) in [4.78, 5) is 18.6. The van der Waals surface area contributed by atoms with Crippen LogP contribution in [0.3, 0.4) is 0 Å². The van der Waals surface area contributed by atoms with Crippen molar-refractivity contribution in [2.24, 2.45) is 0 Å². The SMILES string of the molecule is CSc1ccc(Nc2cn3cc(C(=O)c4c(Cl)cccc4Cl)ccc3n2)cc1. The first-order chi connectivity index (χ1) is 13.5. The predicted molar refractivity (Wildman–Crippen MR) is 117 cm³/mol. The molecule has 0 radical (unpaired) electrons. The Labute approximate surface area is 176 Å². The second-order valence-electron chi connectivity index (χ2n) is 6.09. The highest BCUT2D eigenvalue weighted by Crippen LogP contribution is 2.27. The zero-order valence-electron chi connectivity index (χ0n) is 14.8. The van der Waals surface area contributed by atoms with Gasteiger partial charge in [0.05, 0.1) is 21.8 Å². The highest BCUT2D eigenvalue weighted by molar-refractivity contribution is 7.98. The van der Waals surface area contributed by atoms with Crippen LogP contribution in [-0.2, 0) is 0 Å². The molecule has 2 aromatic heterocycles. The molecule has 0 spiro atoms. The number of rotatable bonds is 5. The van der Waals surface area contributed by atoms with E-state index in [1.165, 1.54) is 4.90 Å². The number of thioether (sulfide) groups is 1. The number of halogens is 2. The lowest BCUT2D eigenvalue weighted by Crippen LogP contribution is -2.04. The van der Waals surface area contributed by atoms with E-state index < -0.39 is 0 Å². The van der Waals surface area contributed by atoms with E-state index in [4.69, 9.17) is 23.2 Å². The Morgan fingerprint density at radius 2 is 1.71 bits per heavy atom. The number of nitrogens with one attached hydrogen (secondary N) is 1. The minimum atomic E-state index is -0.228. The normalized spacial score (nSPS) is 11.0. The molecule has 0 amide bonds. The summed E-state index contributed by atoms with van der Waals surface area (Å²) in [6.07, 6.45) is 5.61. The Morgan fingerprint density at radius 1 is 1.00 bits per heavy atom. The third kappa shape index (κ3) is 3.74. The number of anilines is 2. The van der Waals surface area contributed by atoms with Crippen molar-refractivity contribution in [1.82, 2.24) is 9.38 Å². The molecule has 7 heteroatoms. The first-order valence-electron chi connectivity index (χ1n) is 8.44. The van der Waals surface area contributed by atoms with Gasteiger partial charge >= 0.3 is 0 Å². The van der Waals surface area contributed by atoms with Crippen molar-refractivity contribution in [3.05, 3.63) is 88.2 Å². The first kappa shape index (κ1) is 18.9. The minimum Gasteiger partial charge on any atom is -0.339 e. The van der Waals surface area contributed by atoms with Gasteiger partial charge in [-0.1, -0.05) is 29.3 Å². The Balaban J connectivity index is 1.63. The van der Waals surface area contributed by atoms with E-state index in [1.807, 2.05) is 36.7 Å². The van der Waals surface area contributed by atoms with Crippen LogP contribution in [0.15, 0.2) is 71.9 Å². The van der Waals surface area contributed by atoms with Crippen LogP contribution in [0.5, 0.6) is 0 Å². The van der Waals surface area contributed by atoms with Gasteiger partial charge in [0.15, 0.2) is 5.78 Å². The molecule has 28 heavy (non-hydrogen) atoms. The molecule has 1 N–H and O–H groups in total. The minimum absolute atomic E-state index is 0.228. The van der Waals surface area contributed by atoms with Gasteiger partial charge in [0.1, 0.15) is 11.5 Å². The van der Waals surface area contributed by atoms with Crippen LogP contribution in [0.1, 0.15) is 15.9 Å². The zero-order chi connectivity index (χ0) is 19.7. The standard InChI is InChI=1S/C21H15Cl2N3OS/c1-28-15-8-6-14(7-9-15)24-18-12-26-11-13(5-10-19(26)25-18)21(27)20-16(22)3-2-4-17(20)23/h2-12,24H,1H3. The number of carbonyl (C=O) groups is 1. The molecule has 0 saturated carbocycles. The van der Waals surface area contributed by atoms with E-state index >= 15 is 0 Å². The van der Waals surface area contributed by atoms with Gasteiger partial charge in [-0.05, 0) is 54.8 Å². The number of fused-ring (bicyclic) bond motifs is 1. The summed E-state index contributed by atoms with van der Waals surface area (Å²) in [7, 11) is 0. The van der Waals surface area contributed by atoms with Crippen molar-refractivity contribution in [3.8, 4) is 0 Å². The number of carbonyl (C=O) groups excluding carboxylic acids is 1. The summed E-state index contributed by atoms with van der Waals surface area (Å²) in [5.41, 5.74) is 2.46. The summed E-state index contributed by atoms with van der Waals surface area (Å²) < 4.78 is 1.80. The maximum absolute atomic E-state index is 12.9. The van der Waals surface area contributed by atoms with E-state index in [-0.39, 0.29) is 5.78 Å². The van der Waals surface area contributed by atoms with Gasteiger partial charge in [-0.15, -0.1) is 11.8 Å². The summed E-state index contributed by atoms with van der Waals surface area (Å²) in [5, 5.41) is 3.94. The molecule has 4 rings (SSSR count). The third-order valence-electron chi connectivity index (χ3n) is 4.27. The third-order valence-corrected chi connectivity index (χ3v) is 5.64. The van der Waals surface area contributed by atoms with Gasteiger partial charge in [-0.25, -0.2) is 4.98 Å². The number of hydrogen-bond donors (Lipinski definition) is 1. The number of nitrogens with zero attached hydrogens (tertiary/aromatic N) is 2. The molecule has 0 bridgehead atoms. The van der Waals surface area contributed by atoms with Crippen molar-refractivity contribution in [3.63, 3.8) is 0 Å². The molecule has 0 fully saturated rings. The van der Waals surface area contributed by atoms with Gasteiger partial charge < -0.3 is 9.72 Å². The lowest BCUT2D eigenvalue weighted by atomic mass is 10.0. The topological polar surface area (TPSA) is 46.4 Å². The van der Waals surface area contributed by atoms with E-state index in [9.17, 15) is 4.79 Å². The summed E-state index contributed by atoms with van der Waals surface area (Å²) >= 11 is 14.0. The number of ketones is 1. The zero-order valence-corrected chi connectivity index (χ0v) is 17.1. The van der Waals surface area contributed by atoms with Crippen molar-refractivity contribution in [1.29, 1.82) is 0 Å². The Hall–Kier alpha value is -2.47. The quantitative estimate of drug-likeness (QED) is 0.298. The van der Waals surface area contributed by atoms with E-state index in [1.54, 1.807) is 52.7 Å². The van der Waals surface area contributed by atoms with E-state index in [2.05, 4.69) is 10.3 Å². The first-order valence-corrected chi connectivity index (χ1v) is 10.4. The smallest absolute Gasteiger partial charge is 0.197 e. The summed E-state index contributed by atoms with van der Waals surface area (Å²) in [6, 6.07) is 16.6.